The van der Waals surface area contributed by atoms with Crippen LogP contribution in [0.2, 0.25) is 0 Å². The second-order valence-corrected chi connectivity index (χ2v) is 4.15. The van der Waals surface area contributed by atoms with Crippen molar-refractivity contribution in [2.45, 2.75) is 25.8 Å². The average molecular weight is 191 g/mol. The molecule has 0 radical (unpaired) electrons. The fourth-order valence-electron chi connectivity index (χ4n) is 2.21. The first kappa shape index (κ1) is 9.53. The third-order valence-corrected chi connectivity index (χ3v) is 3.00. The summed E-state index contributed by atoms with van der Waals surface area (Å²) in [5, 5.41) is 12.9. The maximum Gasteiger partial charge on any atom is 0.115 e. The Morgan fingerprint density at radius 1 is 1.43 bits per heavy atom. The van der Waals surface area contributed by atoms with Gasteiger partial charge in [-0.2, -0.15) is 0 Å². The van der Waals surface area contributed by atoms with E-state index in [1.807, 2.05) is 12.1 Å². The van der Waals surface area contributed by atoms with Crippen LogP contribution < -0.4 is 5.32 Å². The van der Waals surface area contributed by atoms with Crippen LogP contribution in [-0.2, 0) is 0 Å². The molecule has 14 heavy (non-hydrogen) atoms. The molecule has 1 aromatic rings. The molecule has 0 bridgehead atoms. The molecule has 2 N–H and O–H groups in total. The number of hydrogen-bond acceptors (Lipinski definition) is 2. The fraction of sp³-hybridized carbons (Fsp3) is 0.500. The first-order valence-corrected chi connectivity index (χ1v) is 5.29. The molecular weight excluding hydrogens is 174 g/mol. The predicted octanol–water partition coefficient (Wildman–Crippen LogP) is 2.45. The molecule has 2 atom stereocenters. The van der Waals surface area contributed by atoms with Crippen LogP contribution in [0.15, 0.2) is 24.3 Å². The highest BCUT2D eigenvalue weighted by Crippen LogP contribution is 2.29. The quantitative estimate of drug-likeness (QED) is 0.714. The van der Waals surface area contributed by atoms with Gasteiger partial charge in [0.15, 0.2) is 0 Å². The van der Waals surface area contributed by atoms with E-state index in [2.05, 4.69) is 18.3 Å². The van der Waals surface area contributed by atoms with Gasteiger partial charge in [0.25, 0.3) is 0 Å². The van der Waals surface area contributed by atoms with E-state index in [9.17, 15) is 5.11 Å². The van der Waals surface area contributed by atoms with Crippen molar-refractivity contribution in [3.8, 4) is 5.75 Å². The molecule has 0 aliphatic carbocycles. The minimum absolute atomic E-state index is 0.363. The standard InChI is InChI=1S/C12H17NO/c1-9-4-3-7-13-12(9)10-5-2-6-11(14)8-10/h2,5-6,8-9,12-14H,3-4,7H2,1H3. The second kappa shape index (κ2) is 4.01. The summed E-state index contributed by atoms with van der Waals surface area (Å²) in [6, 6.07) is 7.99. The van der Waals surface area contributed by atoms with Crippen LogP contribution in [0, 0.1) is 5.92 Å². The van der Waals surface area contributed by atoms with Gasteiger partial charge in [-0.3, -0.25) is 0 Å². The van der Waals surface area contributed by atoms with Crippen molar-refractivity contribution in [2.75, 3.05) is 6.54 Å². The Balaban J connectivity index is 2.20. The number of rotatable bonds is 1. The normalized spacial score (nSPS) is 27.5. The summed E-state index contributed by atoms with van der Waals surface area (Å²) in [5.74, 6) is 1.02. The molecule has 2 heteroatoms. The van der Waals surface area contributed by atoms with Gasteiger partial charge in [-0.25, -0.2) is 0 Å². The predicted molar refractivity (Wildman–Crippen MR) is 57.2 cm³/mol. The first-order valence-electron chi connectivity index (χ1n) is 5.29. The van der Waals surface area contributed by atoms with Crippen molar-refractivity contribution in [1.29, 1.82) is 0 Å². The van der Waals surface area contributed by atoms with Crippen molar-refractivity contribution in [2.24, 2.45) is 5.92 Å². The highest BCUT2D eigenvalue weighted by atomic mass is 16.3. The zero-order valence-electron chi connectivity index (χ0n) is 8.53. The van der Waals surface area contributed by atoms with Gasteiger partial charge in [0.1, 0.15) is 5.75 Å². The van der Waals surface area contributed by atoms with E-state index < -0.39 is 0 Å². The van der Waals surface area contributed by atoms with Crippen LogP contribution in [0.1, 0.15) is 31.4 Å². The number of aromatic hydroxyl groups is 1. The molecule has 0 spiro atoms. The van der Waals surface area contributed by atoms with Gasteiger partial charge in [-0.1, -0.05) is 19.1 Å². The van der Waals surface area contributed by atoms with E-state index in [0.29, 0.717) is 17.7 Å². The van der Waals surface area contributed by atoms with Crippen LogP contribution in [0.3, 0.4) is 0 Å². The van der Waals surface area contributed by atoms with Gasteiger partial charge in [0.05, 0.1) is 0 Å². The second-order valence-electron chi connectivity index (χ2n) is 4.15. The molecule has 1 aromatic carbocycles. The number of hydrogen-bond donors (Lipinski definition) is 2. The molecule has 76 valence electrons. The smallest absolute Gasteiger partial charge is 0.115 e. The molecule has 1 saturated heterocycles. The van der Waals surface area contributed by atoms with Crippen LogP contribution >= 0.6 is 0 Å². The van der Waals surface area contributed by atoms with Crippen LogP contribution in [-0.4, -0.2) is 11.7 Å². The van der Waals surface area contributed by atoms with E-state index >= 15 is 0 Å². The maximum atomic E-state index is 9.40. The number of phenols is 1. The van der Waals surface area contributed by atoms with Gasteiger partial charge in [0.2, 0.25) is 0 Å². The number of nitrogens with one attached hydrogen (secondary N) is 1. The summed E-state index contributed by atoms with van der Waals surface area (Å²) in [7, 11) is 0. The molecule has 1 heterocycles. The third kappa shape index (κ3) is 1.90. The Morgan fingerprint density at radius 3 is 3.00 bits per heavy atom. The topological polar surface area (TPSA) is 32.3 Å². The molecule has 1 fully saturated rings. The van der Waals surface area contributed by atoms with Crippen molar-refractivity contribution >= 4 is 0 Å². The van der Waals surface area contributed by atoms with Crippen LogP contribution in [0.25, 0.3) is 0 Å². The Morgan fingerprint density at radius 2 is 2.29 bits per heavy atom. The van der Waals surface area contributed by atoms with E-state index in [4.69, 9.17) is 0 Å². The molecule has 2 rings (SSSR count). The maximum absolute atomic E-state index is 9.40. The van der Waals surface area contributed by atoms with E-state index in [1.54, 1.807) is 6.07 Å². The molecule has 0 saturated carbocycles. The summed E-state index contributed by atoms with van der Waals surface area (Å²) in [4.78, 5) is 0. The van der Waals surface area contributed by atoms with Crippen LogP contribution in [0.4, 0.5) is 0 Å². The van der Waals surface area contributed by atoms with Gasteiger partial charge in [0, 0.05) is 6.04 Å². The number of piperidine rings is 1. The average Bonchev–Trinajstić information content (AvgIpc) is 2.18. The molecule has 2 nitrogen and oxygen atoms in total. The monoisotopic (exact) mass is 191 g/mol. The van der Waals surface area contributed by atoms with E-state index in [-0.39, 0.29) is 0 Å². The van der Waals surface area contributed by atoms with Crippen LogP contribution in [0.5, 0.6) is 5.75 Å². The lowest BCUT2D eigenvalue weighted by Crippen LogP contribution is -2.32. The Labute approximate surface area is 85.0 Å². The van der Waals surface area contributed by atoms with Gasteiger partial charge < -0.3 is 10.4 Å². The Bertz CT molecular complexity index is 311. The van der Waals surface area contributed by atoms with Crippen molar-refractivity contribution in [1.82, 2.24) is 5.32 Å². The zero-order chi connectivity index (χ0) is 9.97. The number of benzene rings is 1. The summed E-state index contributed by atoms with van der Waals surface area (Å²) in [5.41, 5.74) is 1.21. The summed E-state index contributed by atoms with van der Waals surface area (Å²) >= 11 is 0. The minimum Gasteiger partial charge on any atom is -0.508 e. The summed E-state index contributed by atoms with van der Waals surface area (Å²) in [6.45, 7) is 3.35. The molecule has 0 aromatic heterocycles. The molecule has 1 aliphatic heterocycles. The van der Waals surface area contributed by atoms with Gasteiger partial charge >= 0.3 is 0 Å². The van der Waals surface area contributed by atoms with E-state index in [1.165, 1.54) is 18.4 Å². The van der Waals surface area contributed by atoms with Crippen molar-refractivity contribution in [3.63, 3.8) is 0 Å². The molecular formula is C12H17NO. The minimum atomic E-state index is 0.363. The van der Waals surface area contributed by atoms with Gasteiger partial charge in [-0.15, -0.1) is 0 Å². The lowest BCUT2D eigenvalue weighted by Gasteiger charge is -2.30. The van der Waals surface area contributed by atoms with Gasteiger partial charge in [-0.05, 0) is 43.0 Å². The number of phenolic OH excluding ortho intramolecular Hbond substituents is 1. The highest BCUT2D eigenvalue weighted by molar-refractivity contribution is 5.29. The third-order valence-electron chi connectivity index (χ3n) is 3.00. The Hall–Kier alpha value is -1.02. The first-order chi connectivity index (χ1) is 6.77. The lowest BCUT2D eigenvalue weighted by molar-refractivity contribution is 0.305. The van der Waals surface area contributed by atoms with E-state index in [0.717, 1.165) is 6.54 Å². The lowest BCUT2D eigenvalue weighted by atomic mass is 9.88. The SMILES string of the molecule is CC1CCCNC1c1cccc(O)c1. The molecule has 1 aliphatic rings. The summed E-state index contributed by atoms with van der Waals surface area (Å²) < 4.78 is 0. The highest BCUT2D eigenvalue weighted by Gasteiger charge is 2.22. The molecule has 0 amide bonds. The van der Waals surface area contributed by atoms with Crippen molar-refractivity contribution in [3.05, 3.63) is 29.8 Å². The fourth-order valence-corrected chi connectivity index (χ4v) is 2.21. The van der Waals surface area contributed by atoms with Crippen molar-refractivity contribution < 1.29 is 5.11 Å². The summed E-state index contributed by atoms with van der Waals surface area (Å²) in [6.07, 6.45) is 2.53. The Kier molecular flexibility index (Phi) is 2.73. The zero-order valence-corrected chi connectivity index (χ0v) is 8.53. The largest absolute Gasteiger partial charge is 0.508 e. The molecule has 2 unspecified atom stereocenters.